The van der Waals surface area contributed by atoms with Crippen molar-refractivity contribution in [2.45, 2.75) is 51.0 Å². The molecule has 4 rings (SSSR count). The number of alkyl halides is 2. The molecule has 1 fully saturated rings. The molecule has 178 valence electrons. The standard InChI is InChI=1S/C25H34F2N6/c1-16(27)13-33-17(2)10-21-20(5-6-23(29)22(21)11-28)25(33)24-7-4-18(12-30-24)31-19-14-32(15-19)9-3-8-26/h4-7,11-12,16-17,19,25,28,31H,3,8-10,13-15,29H2,1-2H3/t16?,17-,25+/m1/s1. The fourth-order valence-corrected chi connectivity index (χ4v) is 5.12. The number of benzene rings is 1. The molecule has 2 aromatic rings. The highest BCUT2D eigenvalue weighted by Crippen LogP contribution is 2.40. The van der Waals surface area contributed by atoms with Gasteiger partial charge in [0.2, 0.25) is 0 Å². The number of rotatable bonds is 9. The highest BCUT2D eigenvalue weighted by molar-refractivity contribution is 5.88. The van der Waals surface area contributed by atoms with Crippen LogP contribution >= 0.6 is 0 Å². The monoisotopic (exact) mass is 456 g/mol. The molecule has 1 aromatic heterocycles. The predicted octanol–water partition coefficient (Wildman–Crippen LogP) is 3.81. The largest absolute Gasteiger partial charge is 0.398 e. The molecule has 0 spiro atoms. The van der Waals surface area contributed by atoms with Crippen molar-refractivity contribution >= 4 is 17.6 Å². The average Bonchev–Trinajstić information content (AvgIpc) is 2.76. The molecule has 1 aromatic carbocycles. The number of pyridine rings is 1. The van der Waals surface area contributed by atoms with Crippen LogP contribution in [0.2, 0.25) is 0 Å². The maximum Gasteiger partial charge on any atom is 0.110 e. The van der Waals surface area contributed by atoms with Crippen LogP contribution in [-0.2, 0) is 6.42 Å². The minimum atomic E-state index is -0.965. The Hall–Kier alpha value is -2.58. The molecule has 1 unspecified atom stereocenters. The highest BCUT2D eigenvalue weighted by Gasteiger charge is 2.36. The lowest BCUT2D eigenvalue weighted by Crippen LogP contribution is -2.54. The molecular weight excluding hydrogens is 422 g/mol. The van der Waals surface area contributed by atoms with Gasteiger partial charge in [-0.15, -0.1) is 0 Å². The van der Waals surface area contributed by atoms with E-state index in [4.69, 9.17) is 16.1 Å². The van der Waals surface area contributed by atoms with Gasteiger partial charge in [-0.25, -0.2) is 4.39 Å². The number of nitrogens with one attached hydrogen (secondary N) is 2. The van der Waals surface area contributed by atoms with Crippen LogP contribution in [0.3, 0.4) is 0 Å². The van der Waals surface area contributed by atoms with Crippen LogP contribution in [0.4, 0.5) is 20.2 Å². The van der Waals surface area contributed by atoms with E-state index in [-0.39, 0.29) is 18.8 Å². The zero-order chi connectivity index (χ0) is 23.5. The SMILES string of the molecule is CC(F)CN1[C@H](c2ccc(NC3CN(CCCF)C3)cn2)c2ccc(N)c(C=N)c2C[C@H]1C. The Labute approximate surface area is 194 Å². The minimum Gasteiger partial charge on any atom is -0.398 e. The number of hydrogen-bond acceptors (Lipinski definition) is 6. The summed E-state index contributed by atoms with van der Waals surface area (Å²) in [6.07, 6.45) is 3.50. The summed E-state index contributed by atoms with van der Waals surface area (Å²) in [5.74, 6) is 0. The zero-order valence-corrected chi connectivity index (χ0v) is 19.4. The molecule has 1 saturated heterocycles. The van der Waals surface area contributed by atoms with Gasteiger partial charge in [0, 0.05) is 49.7 Å². The van der Waals surface area contributed by atoms with E-state index in [0.717, 1.165) is 47.7 Å². The topological polar surface area (TPSA) is 81.3 Å². The molecule has 0 saturated carbocycles. The zero-order valence-electron chi connectivity index (χ0n) is 19.4. The van der Waals surface area contributed by atoms with Crippen LogP contribution in [0.15, 0.2) is 30.5 Å². The molecule has 4 N–H and O–H groups in total. The molecular formula is C25H34F2N6. The van der Waals surface area contributed by atoms with Crippen molar-refractivity contribution in [3.63, 3.8) is 0 Å². The van der Waals surface area contributed by atoms with Gasteiger partial charge in [0.1, 0.15) is 6.17 Å². The lowest BCUT2D eigenvalue weighted by atomic mass is 9.83. The van der Waals surface area contributed by atoms with E-state index in [0.29, 0.717) is 31.1 Å². The number of nitrogens with zero attached hydrogens (tertiary/aromatic N) is 3. The van der Waals surface area contributed by atoms with Gasteiger partial charge >= 0.3 is 0 Å². The Morgan fingerprint density at radius 2 is 2.09 bits per heavy atom. The van der Waals surface area contributed by atoms with E-state index in [1.807, 2.05) is 30.5 Å². The maximum absolute atomic E-state index is 14.1. The third kappa shape index (κ3) is 5.01. The fourth-order valence-electron chi connectivity index (χ4n) is 5.12. The van der Waals surface area contributed by atoms with Crippen LogP contribution in [-0.4, -0.2) is 72.1 Å². The van der Waals surface area contributed by atoms with Crippen molar-refractivity contribution in [1.82, 2.24) is 14.8 Å². The van der Waals surface area contributed by atoms with E-state index in [9.17, 15) is 8.78 Å². The van der Waals surface area contributed by atoms with Crippen LogP contribution in [0, 0.1) is 5.41 Å². The Bertz CT molecular complexity index is 958. The molecule has 2 aliphatic heterocycles. The molecule has 33 heavy (non-hydrogen) atoms. The molecule has 0 amide bonds. The summed E-state index contributed by atoms with van der Waals surface area (Å²) in [5, 5.41) is 11.4. The molecule has 0 radical (unpaired) electrons. The first kappa shape index (κ1) is 23.6. The average molecular weight is 457 g/mol. The van der Waals surface area contributed by atoms with E-state index in [2.05, 4.69) is 22.0 Å². The van der Waals surface area contributed by atoms with Gasteiger partial charge in [-0.1, -0.05) is 6.07 Å². The number of anilines is 2. The lowest BCUT2D eigenvalue weighted by Gasteiger charge is -2.43. The van der Waals surface area contributed by atoms with Crippen LogP contribution in [0.25, 0.3) is 0 Å². The maximum atomic E-state index is 14.1. The smallest absolute Gasteiger partial charge is 0.110 e. The van der Waals surface area contributed by atoms with E-state index >= 15 is 0 Å². The number of nitrogens with two attached hydrogens (primary N) is 1. The van der Waals surface area contributed by atoms with Gasteiger partial charge in [-0.2, -0.15) is 0 Å². The van der Waals surface area contributed by atoms with Gasteiger partial charge in [0.05, 0.1) is 36.3 Å². The Morgan fingerprint density at radius 3 is 2.73 bits per heavy atom. The number of hydrogen-bond donors (Lipinski definition) is 3. The van der Waals surface area contributed by atoms with Gasteiger partial charge in [-0.05, 0) is 56.0 Å². The summed E-state index contributed by atoms with van der Waals surface area (Å²) < 4.78 is 26.5. The van der Waals surface area contributed by atoms with Gasteiger partial charge in [0.15, 0.2) is 0 Å². The Kier molecular flexibility index (Phi) is 7.24. The quantitative estimate of drug-likeness (QED) is 0.395. The number of likely N-dealkylation sites (tertiary alicyclic amines) is 1. The van der Waals surface area contributed by atoms with Crippen LogP contribution < -0.4 is 11.1 Å². The second-order valence-corrected chi connectivity index (χ2v) is 9.33. The molecule has 3 heterocycles. The summed E-state index contributed by atoms with van der Waals surface area (Å²) in [5.41, 5.74) is 11.4. The highest BCUT2D eigenvalue weighted by atomic mass is 19.1. The minimum absolute atomic E-state index is 0.0890. The lowest BCUT2D eigenvalue weighted by molar-refractivity contribution is 0.112. The summed E-state index contributed by atoms with van der Waals surface area (Å²) >= 11 is 0. The fraction of sp³-hybridized carbons (Fsp3) is 0.520. The molecule has 0 bridgehead atoms. The molecule has 0 aliphatic carbocycles. The first-order chi connectivity index (χ1) is 15.9. The third-order valence-electron chi connectivity index (χ3n) is 6.73. The second kappa shape index (κ2) is 10.1. The number of halogens is 2. The molecule has 8 heteroatoms. The van der Waals surface area contributed by atoms with Gasteiger partial charge < -0.3 is 16.5 Å². The summed E-state index contributed by atoms with van der Waals surface area (Å²) in [6, 6.07) is 8.09. The van der Waals surface area contributed by atoms with Crippen molar-refractivity contribution < 1.29 is 8.78 Å². The molecule has 6 nitrogen and oxygen atoms in total. The Balaban J connectivity index is 1.57. The van der Waals surface area contributed by atoms with Crippen molar-refractivity contribution in [2.24, 2.45) is 0 Å². The third-order valence-corrected chi connectivity index (χ3v) is 6.73. The van der Waals surface area contributed by atoms with Crippen molar-refractivity contribution in [3.05, 3.63) is 52.8 Å². The van der Waals surface area contributed by atoms with Crippen molar-refractivity contribution in [1.29, 1.82) is 5.41 Å². The summed E-state index contributed by atoms with van der Waals surface area (Å²) in [6.45, 7) is 6.34. The first-order valence-electron chi connectivity index (χ1n) is 11.7. The van der Waals surface area contributed by atoms with Crippen molar-refractivity contribution in [3.8, 4) is 0 Å². The van der Waals surface area contributed by atoms with Crippen LogP contribution in [0.5, 0.6) is 0 Å². The molecule has 3 atom stereocenters. The van der Waals surface area contributed by atoms with E-state index in [1.54, 1.807) is 6.92 Å². The number of aromatic nitrogens is 1. The second-order valence-electron chi connectivity index (χ2n) is 9.33. The van der Waals surface area contributed by atoms with Gasteiger partial charge in [-0.3, -0.25) is 19.2 Å². The number of nitrogen functional groups attached to an aromatic ring is 1. The van der Waals surface area contributed by atoms with E-state index < -0.39 is 6.17 Å². The summed E-state index contributed by atoms with van der Waals surface area (Å²) in [7, 11) is 0. The first-order valence-corrected chi connectivity index (χ1v) is 11.7. The van der Waals surface area contributed by atoms with Gasteiger partial charge in [0.25, 0.3) is 0 Å². The van der Waals surface area contributed by atoms with E-state index in [1.165, 1.54) is 6.21 Å². The summed E-state index contributed by atoms with van der Waals surface area (Å²) in [4.78, 5) is 9.18. The predicted molar refractivity (Wildman–Crippen MR) is 130 cm³/mol. The normalized spacial score (nSPS) is 22.4. The Morgan fingerprint density at radius 1 is 1.30 bits per heavy atom. The molecule has 2 aliphatic rings. The van der Waals surface area contributed by atoms with Crippen molar-refractivity contribution in [2.75, 3.05) is 43.9 Å². The number of fused-ring (bicyclic) bond motifs is 1. The van der Waals surface area contributed by atoms with Crippen LogP contribution in [0.1, 0.15) is 48.7 Å².